The summed E-state index contributed by atoms with van der Waals surface area (Å²) in [4.78, 5) is 4.30. The second kappa shape index (κ2) is 5.55. The molecule has 2 aromatic carbocycles. The van der Waals surface area contributed by atoms with Crippen LogP contribution in [0, 0.1) is 6.92 Å². The van der Waals surface area contributed by atoms with Gasteiger partial charge < -0.3 is 5.11 Å². The normalized spacial score (nSPS) is 11.1. The maximum atomic E-state index is 9.88. The molecule has 2 nitrogen and oxygen atoms in total. The number of aliphatic imine (C=N–C) groups is 1. The van der Waals surface area contributed by atoms with E-state index in [1.165, 1.54) is 0 Å². The molecular formula is C14H11BrClNO. The van der Waals surface area contributed by atoms with Crippen molar-refractivity contribution in [3.63, 3.8) is 0 Å². The van der Waals surface area contributed by atoms with Crippen LogP contribution >= 0.6 is 27.5 Å². The van der Waals surface area contributed by atoms with Gasteiger partial charge in [-0.3, -0.25) is 4.99 Å². The predicted octanol–water partition coefficient (Wildman–Crippen LogP) is 4.87. The fraction of sp³-hybridized carbons (Fsp3) is 0.0714. The molecule has 2 aromatic rings. The Morgan fingerprint density at radius 1 is 1.22 bits per heavy atom. The van der Waals surface area contributed by atoms with Gasteiger partial charge in [-0.15, -0.1) is 0 Å². The molecule has 0 saturated carbocycles. The molecule has 2 rings (SSSR count). The SMILES string of the molecule is Cc1cc(Br)c(O)c(/C=N/c2ccc(Cl)cc2)c1. The summed E-state index contributed by atoms with van der Waals surface area (Å²) in [6.07, 6.45) is 1.64. The number of hydrogen-bond donors (Lipinski definition) is 1. The Morgan fingerprint density at radius 2 is 1.89 bits per heavy atom. The van der Waals surface area contributed by atoms with E-state index in [9.17, 15) is 5.11 Å². The Hall–Kier alpha value is -1.32. The van der Waals surface area contributed by atoms with Crippen molar-refractivity contribution in [2.45, 2.75) is 6.92 Å². The quantitative estimate of drug-likeness (QED) is 0.786. The van der Waals surface area contributed by atoms with Crippen molar-refractivity contribution in [3.05, 3.63) is 57.0 Å². The number of phenolic OH excluding ortho intramolecular Hbond substituents is 1. The largest absolute Gasteiger partial charge is 0.506 e. The molecule has 0 radical (unpaired) electrons. The van der Waals surface area contributed by atoms with Crippen LogP contribution in [-0.2, 0) is 0 Å². The van der Waals surface area contributed by atoms with E-state index in [1.54, 1.807) is 18.3 Å². The molecule has 0 aliphatic heterocycles. The van der Waals surface area contributed by atoms with E-state index in [1.807, 2.05) is 31.2 Å². The number of benzene rings is 2. The lowest BCUT2D eigenvalue weighted by Crippen LogP contribution is -1.85. The van der Waals surface area contributed by atoms with E-state index in [0.29, 0.717) is 15.1 Å². The Morgan fingerprint density at radius 3 is 2.56 bits per heavy atom. The minimum atomic E-state index is 0.193. The first-order chi connectivity index (χ1) is 8.56. The maximum absolute atomic E-state index is 9.88. The van der Waals surface area contributed by atoms with Gasteiger partial charge >= 0.3 is 0 Å². The average molecular weight is 325 g/mol. The zero-order chi connectivity index (χ0) is 13.1. The van der Waals surface area contributed by atoms with Gasteiger partial charge in [-0.25, -0.2) is 0 Å². The number of phenols is 1. The van der Waals surface area contributed by atoms with Crippen LogP contribution in [0.2, 0.25) is 5.02 Å². The summed E-state index contributed by atoms with van der Waals surface area (Å²) >= 11 is 9.10. The van der Waals surface area contributed by atoms with Crippen LogP contribution in [0.15, 0.2) is 45.9 Å². The second-order valence-corrected chi connectivity index (χ2v) is 5.21. The van der Waals surface area contributed by atoms with Crippen molar-refractivity contribution in [1.29, 1.82) is 0 Å². The molecule has 0 fully saturated rings. The summed E-state index contributed by atoms with van der Waals surface area (Å²) in [6.45, 7) is 1.96. The molecule has 92 valence electrons. The van der Waals surface area contributed by atoms with E-state index in [0.717, 1.165) is 11.3 Å². The van der Waals surface area contributed by atoms with Crippen LogP contribution in [0.1, 0.15) is 11.1 Å². The van der Waals surface area contributed by atoms with Crippen molar-refractivity contribution >= 4 is 39.4 Å². The van der Waals surface area contributed by atoms with Gasteiger partial charge in [-0.05, 0) is 64.8 Å². The van der Waals surface area contributed by atoms with Gasteiger partial charge in [-0.1, -0.05) is 11.6 Å². The fourth-order valence-electron chi connectivity index (χ4n) is 1.53. The van der Waals surface area contributed by atoms with Gasteiger partial charge in [0.25, 0.3) is 0 Å². The minimum Gasteiger partial charge on any atom is -0.506 e. The van der Waals surface area contributed by atoms with Gasteiger partial charge in [-0.2, -0.15) is 0 Å². The monoisotopic (exact) mass is 323 g/mol. The molecule has 0 amide bonds. The Labute approximate surface area is 119 Å². The minimum absolute atomic E-state index is 0.193. The standard InChI is InChI=1S/C14H11BrClNO/c1-9-6-10(14(18)13(15)7-9)8-17-12-4-2-11(16)3-5-12/h2-8,18H,1H3/b17-8+. The lowest BCUT2D eigenvalue weighted by Gasteiger charge is -2.03. The van der Waals surface area contributed by atoms with Gasteiger partial charge in [0, 0.05) is 16.8 Å². The molecule has 1 N–H and O–H groups in total. The van der Waals surface area contributed by atoms with Crippen LogP contribution in [0.25, 0.3) is 0 Å². The summed E-state index contributed by atoms with van der Waals surface area (Å²) in [6, 6.07) is 10.9. The van der Waals surface area contributed by atoms with Crippen molar-refractivity contribution in [2.75, 3.05) is 0 Å². The zero-order valence-electron chi connectivity index (χ0n) is 9.69. The molecule has 0 bridgehead atoms. The van der Waals surface area contributed by atoms with Crippen LogP contribution in [0.5, 0.6) is 5.75 Å². The molecule has 0 saturated heterocycles. The van der Waals surface area contributed by atoms with Gasteiger partial charge in [0.1, 0.15) is 5.75 Å². The number of halogens is 2. The summed E-state index contributed by atoms with van der Waals surface area (Å²) in [5.74, 6) is 0.193. The molecule has 0 spiro atoms. The average Bonchev–Trinajstić information content (AvgIpc) is 2.34. The van der Waals surface area contributed by atoms with Crippen molar-refractivity contribution < 1.29 is 5.11 Å². The van der Waals surface area contributed by atoms with Gasteiger partial charge in [0.15, 0.2) is 0 Å². The van der Waals surface area contributed by atoms with Crippen LogP contribution in [0.4, 0.5) is 5.69 Å². The van der Waals surface area contributed by atoms with Crippen molar-refractivity contribution in [3.8, 4) is 5.75 Å². The number of nitrogens with zero attached hydrogens (tertiary/aromatic N) is 1. The maximum Gasteiger partial charge on any atom is 0.138 e. The molecule has 4 heteroatoms. The summed E-state index contributed by atoms with van der Waals surface area (Å²) in [7, 11) is 0. The summed E-state index contributed by atoms with van der Waals surface area (Å²) in [5, 5.41) is 10.6. The number of rotatable bonds is 2. The fourth-order valence-corrected chi connectivity index (χ4v) is 2.25. The van der Waals surface area contributed by atoms with E-state index >= 15 is 0 Å². The molecule has 0 atom stereocenters. The van der Waals surface area contributed by atoms with E-state index in [-0.39, 0.29) is 5.75 Å². The third-order valence-corrected chi connectivity index (χ3v) is 3.27. The second-order valence-electron chi connectivity index (χ2n) is 3.92. The highest BCUT2D eigenvalue weighted by atomic mass is 79.9. The highest BCUT2D eigenvalue weighted by molar-refractivity contribution is 9.10. The molecular weight excluding hydrogens is 314 g/mol. The number of aryl methyl sites for hydroxylation is 1. The van der Waals surface area contributed by atoms with Crippen molar-refractivity contribution in [1.82, 2.24) is 0 Å². The molecule has 18 heavy (non-hydrogen) atoms. The Bertz CT molecular complexity index is 593. The van der Waals surface area contributed by atoms with Gasteiger partial charge in [0.05, 0.1) is 10.2 Å². The third-order valence-electron chi connectivity index (χ3n) is 2.42. The lowest BCUT2D eigenvalue weighted by molar-refractivity contribution is 0.471. The predicted molar refractivity (Wildman–Crippen MR) is 79.2 cm³/mol. The topological polar surface area (TPSA) is 32.6 Å². The Balaban J connectivity index is 2.31. The van der Waals surface area contributed by atoms with E-state index < -0.39 is 0 Å². The number of aromatic hydroxyl groups is 1. The lowest BCUT2D eigenvalue weighted by atomic mass is 10.1. The number of hydrogen-bond acceptors (Lipinski definition) is 2. The third kappa shape index (κ3) is 3.12. The molecule has 0 unspecified atom stereocenters. The molecule has 0 heterocycles. The van der Waals surface area contributed by atoms with Crippen molar-refractivity contribution in [2.24, 2.45) is 4.99 Å². The first kappa shape index (κ1) is 13.1. The van der Waals surface area contributed by atoms with Gasteiger partial charge in [0.2, 0.25) is 0 Å². The van der Waals surface area contributed by atoms with Crippen LogP contribution in [-0.4, -0.2) is 11.3 Å². The van der Waals surface area contributed by atoms with E-state index in [4.69, 9.17) is 11.6 Å². The molecule has 0 aliphatic carbocycles. The van der Waals surface area contributed by atoms with Crippen LogP contribution in [0.3, 0.4) is 0 Å². The first-order valence-electron chi connectivity index (χ1n) is 5.35. The van der Waals surface area contributed by atoms with Crippen LogP contribution < -0.4 is 0 Å². The zero-order valence-corrected chi connectivity index (χ0v) is 12.0. The highest BCUT2D eigenvalue weighted by Crippen LogP contribution is 2.28. The van der Waals surface area contributed by atoms with E-state index in [2.05, 4.69) is 20.9 Å². The summed E-state index contributed by atoms with van der Waals surface area (Å²) in [5.41, 5.74) is 2.52. The molecule has 0 aromatic heterocycles. The Kier molecular flexibility index (Phi) is 4.04. The smallest absolute Gasteiger partial charge is 0.138 e. The summed E-state index contributed by atoms with van der Waals surface area (Å²) < 4.78 is 0.667. The first-order valence-corrected chi connectivity index (χ1v) is 6.52. The molecule has 0 aliphatic rings. The highest BCUT2D eigenvalue weighted by Gasteiger charge is 2.04.